The summed E-state index contributed by atoms with van der Waals surface area (Å²) >= 11 is 14.0. The number of amides is 2. The summed E-state index contributed by atoms with van der Waals surface area (Å²) in [5, 5.41) is 3.87. The molecule has 0 aromatic heterocycles. The van der Waals surface area contributed by atoms with Crippen molar-refractivity contribution >= 4 is 46.7 Å². The van der Waals surface area contributed by atoms with E-state index in [1.807, 2.05) is 6.07 Å². The second-order valence-corrected chi connectivity index (χ2v) is 7.65. The molecule has 0 radical (unpaired) electrons. The van der Waals surface area contributed by atoms with Gasteiger partial charge in [0.25, 0.3) is 0 Å². The highest BCUT2D eigenvalue weighted by Gasteiger charge is 2.32. The molecule has 8 heteroatoms. The van der Waals surface area contributed by atoms with Gasteiger partial charge in [-0.3, -0.25) is 0 Å². The number of methoxy groups -OCH3 is 2. The predicted molar refractivity (Wildman–Crippen MR) is 107 cm³/mol. The minimum atomic E-state index is -0.207. The van der Waals surface area contributed by atoms with Gasteiger partial charge in [0, 0.05) is 51.8 Å². The number of carbonyl (C=O) groups is 1. The molecule has 5 nitrogen and oxygen atoms in total. The molecule has 1 aliphatic heterocycles. The van der Waals surface area contributed by atoms with Crippen LogP contribution in [0.2, 0.25) is 10.0 Å². The highest BCUT2D eigenvalue weighted by Crippen LogP contribution is 2.42. The highest BCUT2D eigenvalue weighted by atomic mass is 35.5. The van der Waals surface area contributed by atoms with Crippen LogP contribution in [0.25, 0.3) is 0 Å². The van der Waals surface area contributed by atoms with Crippen LogP contribution in [0.15, 0.2) is 36.4 Å². The van der Waals surface area contributed by atoms with Crippen LogP contribution >= 0.6 is 35.0 Å². The number of ether oxygens (including phenoxy) is 2. The van der Waals surface area contributed by atoms with Crippen LogP contribution in [0, 0.1) is 0 Å². The van der Waals surface area contributed by atoms with Gasteiger partial charge in [0.05, 0.1) is 14.2 Å². The SMILES string of the molecule is COc1cc(NC(=O)N2CCSC2c2ccc(Cl)cc2Cl)cc(OC)c1. The standard InChI is InChI=1S/C18H18Cl2N2O3S/c1-24-13-8-12(9-14(10-13)25-2)21-18(23)22-5-6-26-17(22)15-4-3-11(19)7-16(15)20/h3-4,7-10,17H,5-6H2,1-2H3,(H,21,23). The second kappa shape index (κ2) is 8.29. The first kappa shape index (κ1) is 19.0. The van der Waals surface area contributed by atoms with Gasteiger partial charge in [0.2, 0.25) is 0 Å². The fraction of sp³-hybridized carbons (Fsp3) is 0.278. The molecule has 1 fully saturated rings. The average Bonchev–Trinajstić information content (AvgIpc) is 3.10. The molecule has 26 heavy (non-hydrogen) atoms. The van der Waals surface area contributed by atoms with E-state index in [9.17, 15) is 4.79 Å². The Morgan fingerprint density at radius 1 is 1.15 bits per heavy atom. The molecule has 1 unspecified atom stereocenters. The smallest absolute Gasteiger partial charge is 0.323 e. The summed E-state index contributed by atoms with van der Waals surface area (Å²) in [6.45, 7) is 0.626. The maximum absolute atomic E-state index is 12.8. The van der Waals surface area contributed by atoms with Gasteiger partial charge in [-0.2, -0.15) is 0 Å². The van der Waals surface area contributed by atoms with E-state index in [4.69, 9.17) is 32.7 Å². The van der Waals surface area contributed by atoms with E-state index < -0.39 is 0 Å². The van der Waals surface area contributed by atoms with Crippen LogP contribution in [0.3, 0.4) is 0 Å². The van der Waals surface area contributed by atoms with Gasteiger partial charge in [0.1, 0.15) is 16.9 Å². The summed E-state index contributed by atoms with van der Waals surface area (Å²) in [5.41, 5.74) is 1.47. The molecule has 2 aromatic rings. The fourth-order valence-corrected chi connectivity index (χ4v) is 4.58. The average molecular weight is 413 g/mol. The fourth-order valence-electron chi connectivity index (χ4n) is 2.71. The molecule has 1 heterocycles. The van der Waals surface area contributed by atoms with E-state index >= 15 is 0 Å². The number of nitrogens with zero attached hydrogens (tertiary/aromatic N) is 1. The first-order chi connectivity index (χ1) is 12.5. The van der Waals surface area contributed by atoms with Crippen molar-refractivity contribution in [1.29, 1.82) is 0 Å². The summed E-state index contributed by atoms with van der Waals surface area (Å²) in [6, 6.07) is 10.4. The van der Waals surface area contributed by atoms with Gasteiger partial charge in [-0.15, -0.1) is 11.8 Å². The Labute approximate surface area is 166 Å². The zero-order valence-electron chi connectivity index (χ0n) is 14.3. The van der Waals surface area contributed by atoms with E-state index in [1.54, 1.807) is 61.2 Å². The number of halogens is 2. The molecule has 0 aliphatic carbocycles. The van der Waals surface area contributed by atoms with E-state index in [1.165, 1.54) is 0 Å². The number of rotatable bonds is 4. The normalized spacial score (nSPS) is 16.5. The van der Waals surface area contributed by atoms with Crippen molar-refractivity contribution < 1.29 is 14.3 Å². The quantitative estimate of drug-likeness (QED) is 0.740. The van der Waals surface area contributed by atoms with Crippen molar-refractivity contribution in [3.63, 3.8) is 0 Å². The molecule has 2 amide bonds. The van der Waals surface area contributed by atoms with Gasteiger partial charge in [-0.05, 0) is 12.1 Å². The Bertz CT molecular complexity index is 797. The number of benzene rings is 2. The maximum atomic E-state index is 12.8. The van der Waals surface area contributed by atoms with Crippen molar-refractivity contribution in [1.82, 2.24) is 4.90 Å². The number of anilines is 1. The lowest BCUT2D eigenvalue weighted by atomic mass is 10.2. The molecule has 0 bridgehead atoms. The van der Waals surface area contributed by atoms with Crippen LogP contribution < -0.4 is 14.8 Å². The number of thioether (sulfide) groups is 1. The summed E-state index contributed by atoms with van der Waals surface area (Å²) in [7, 11) is 3.13. The summed E-state index contributed by atoms with van der Waals surface area (Å²) in [5.74, 6) is 2.04. The number of hydrogen-bond acceptors (Lipinski definition) is 4. The van der Waals surface area contributed by atoms with Crippen LogP contribution in [-0.4, -0.2) is 37.4 Å². The van der Waals surface area contributed by atoms with Crippen LogP contribution in [-0.2, 0) is 0 Å². The topological polar surface area (TPSA) is 50.8 Å². The molecule has 0 saturated carbocycles. The van der Waals surface area contributed by atoms with E-state index in [-0.39, 0.29) is 11.4 Å². The van der Waals surface area contributed by atoms with E-state index in [0.29, 0.717) is 33.8 Å². The lowest BCUT2D eigenvalue weighted by Gasteiger charge is -2.25. The minimum Gasteiger partial charge on any atom is -0.497 e. The number of hydrogen-bond donors (Lipinski definition) is 1. The van der Waals surface area contributed by atoms with E-state index in [2.05, 4.69) is 5.32 Å². The van der Waals surface area contributed by atoms with Gasteiger partial charge in [0.15, 0.2) is 0 Å². The Kier molecular flexibility index (Phi) is 6.06. The molecule has 1 atom stereocenters. The summed E-state index contributed by atoms with van der Waals surface area (Å²) in [6.07, 6.45) is 0. The minimum absolute atomic E-state index is 0.160. The van der Waals surface area contributed by atoms with Crippen molar-refractivity contribution in [2.45, 2.75) is 5.37 Å². The third-order valence-electron chi connectivity index (χ3n) is 3.98. The largest absolute Gasteiger partial charge is 0.497 e. The monoisotopic (exact) mass is 412 g/mol. The van der Waals surface area contributed by atoms with Crippen molar-refractivity contribution in [2.75, 3.05) is 31.8 Å². The molecular formula is C18H18Cl2N2O3S. The molecule has 2 aromatic carbocycles. The predicted octanol–water partition coefficient (Wildman–Crippen LogP) is 5.29. The first-order valence-corrected chi connectivity index (χ1v) is 9.69. The molecule has 1 N–H and O–H groups in total. The second-order valence-electron chi connectivity index (χ2n) is 5.61. The molecule has 1 saturated heterocycles. The first-order valence-electron chi connectivity index (χ1n) is 7.89. The Hall–Kier alpha value is -1.76. The van der Waals surface area contributed by atoms with Crippen molar-refractivity contribution in [2.24, 2.45) is 0 Å². The number of carbonyl (C=O) groups excluding carboxylic acids is 1. The Balaban J connectivity index is 1.80. The third kappa shape index (κ3) is 4.14. The van der Waals surface area contributed by atoms with Crippen LogP contribution in [0.5, 0.6) is 11.5 Å². The lowest BCUT2D eigenvalue weighted by Crippen LogP contribution is -2.34. The van der Waals surface area contributed by atoms with Gasteiger partial charge in [-0.1, -0.05) is 29.3 Å². The molecule has 0 spiro atoms. The van der Waals surface area contributed by atoms with Crippen molar-refractivity contribution in [3.8, 4) is 11.5 Å². The lowest BCUT2D eigenvalue weighted by molar-refractivity contribution is 0.214. The molecular weight excluding hydrogens is 395 g/mol. The molecule has 1 aliphatic rings. The zero-order valence-corrected chi connectivity index (χ0v) is 16.6. The Morgan fingerprint density at radius 3 is 2.46 bits per heavy atom. The maximum Gasteiger partial charge on any atom is 0.323 e. The summed E-state index contributed by atoms with van der Waals surface area (Å²) < 4.78 is 10.5. The summed E-state index contributed by atoms with van der Waals surface area (Å²) in [4.78, 5) is 14.6. The number of urea groups is 1. The van der Waals surface area contributed by atoms with Gasteiger partial charge in [-0.25, -0.2) is 4.79 Å². The van der Waals surface area contributed by atoms with Crippen LogP contribution in [0.4, 0.5) is 10.5 Å². The Morgan fingerprint density at radius 2 is 1.85 bits per heavy atom. The van der Waals surface area contributed by atoms with Crippen LogP contribution in [0.1, 0.15) is 10.9 Å². The molecule has 138 valence electrons. The van der Waals surface area contributed by atoms with Gasteiger partial charge >= 0.3 is 6.03 Å². The third-order valence-corrected chi connectivity index (χ3v) is 5.79. The van der Waals surface area contributed by atoms with Gasteiger partial charge < -0.3 is 19.7 Å². The number of nitrogens with one attached hydrogen (secondary N) is 1. The molecule has 3 rings (SSSR count). The zero-order chi connectivity index (χ0) is 18.7. The van der Waals surface area contributed by atoms with Crippen molar-refractivity contribution in [3.05, 3.63) is 52.0 Å². The van der Waals surface area contributed by atoms with E-state index in [0.717, 1.165) is 11.3 Å². The highest BCUT2D eigenvalue weighted by molar-refractivity contribution is 7.99.